The molecule has 0 radical (unpaired) electrons. The third-order valence-corrected chi connectivity index (χ3v) is 1.93. The monoisotopic (exact) mass is 211 g/mol. The number of anilines is 1. The van der Waals surface area contributed by atoms with Gasteiger partial charge in [0.05, 0.1) is 11.3 Å². The number of rotatable bonds is 2. The van der Waals surface area contributed by atoms with Crippen LogP contribution in [0.1, 0.15) is 22.8 Å². The Morgan fingerprint density at radius 1 is 1.40 bits per heavy atom. The number of carboxylic acid groups (broad SMARTS) is 1. The predicted molar refractivity (Wildman–Crippen MR) is 52.4 cm³/mol. The molecule has 1 amide bonds. The number of hydrogen-bond donors (Lipinski definition) is 2. The minimum Gasteiger partial charge on any atom is -0.478 e. The van der Waals surface area contributed by atoms with Gasteiger partial charge in [-0.25, -0.2) is 9.18 Å². The maximum absolute atomic E-state index is 13.1. The third-order valence-electron chi connectivity index (χ3n) is 1.93. The van der Waals surface area contributed by atoms with E-state index in [-0.39, 0.29) is 16.8 Å². The van der Waals surface area contributed by atoms with Gasteiger partial charge in [0.25, 0.3) is 0 Å². The Kier molecular flexibility index (Phi) is 3.04. The van der Waals surface area contributed by atoms with E-state index in [2.05, 4.69) is 5.32 Å². The van der Waals surface area contributed by atoms with Crippen molar-refractivity contribution in [3.63, 3.8) is 0 Å². The van der Waals surface area contributed by atoms with Gasteiger partial charge in [0.1, 0.15) is 5.82 Å². The number of carbonyl (C=O) groups is 2. The van der Waals surface area contributed by atoms with Crippen molar-refractivity contribution in [3.8, 4) is 0 Å². The van der Waals surface area contributed by atoms with Crippen LogP contribution in [0.4, 0.5) is 10.1 Å². The van der Waals surface area contributed by atoms with E-state index >= 15 is 0 Å². The van der Waals surface area contributed by atoms with Gasteiger partial charge < -0.3 is 10.4 Å². The van der Waals surface area contributed by atoms with Crippen LogP contribution in [0.5, 0.6) is 0 Å². The second-order valence-electron chi connectivity index (χ2n) is 3.08. The number of nitrogens with one attached hydrogen (secondary N) is 1. The molecule has 4 nitrogen and oxygen atoms in total. The summed E-state index contributed by atoms with van der Waals surface area (Å²) in [4.78, 5) is 21.6. The SMILES string of the molecule is CC(=O)Nc1c(C(=O)O)ccc(F)c1C. The first-order chi connectivity index (χ1) is 6.93. The van der Waals surface area contributed by atoms with E-state index < -0.39 is 17.7 Å². The summed E-state index contributed by atoms with van der Waals surface area (Å²) in [6.45, 7) is 2.64. The van der Waals surface area contributed by atoms with Gasteiger partial charge in [-0.3, -0.25) is 4.79 Å². The minimum atomic E-state index is -1.21. The van der Waals surface area contributed by atoms with E-state index in [4.69, 9.17) is 5.11 Å². The highest BCUT2D eigenvalue weighted by Gasteiger charge is 2.15. The van der Waals surface area contributed by atoms with Gasteiger partial charge in [-0.2, -0.15) is 0 Å². The van der Waals surface area contributed by atoms with Gasteiger partial charge in [-0.1, -0.05) is 0 Å². The largest absolute Gasteiger partial charge is 0.478 e. The molecule has 1 aromatic rings. The molecule has 0 aliphatic rings. The van der Waals surface area contributed by atoms with Crippen molar-refractivity contribution < 1.29 is 19.1 Å². The van der Waals surface area contributed by atoms with Crippen molar-refractivity contribution in [1.82, 2.24) is 0 Å². The molecule has 0 aliphatic carbocycles. The minimum absolute atomic E-state index is 0.00926. The molecule has 15 heavy (non-hydrogen) atoms. The van der Waals surface area contributed by atoms with Gasteiger partial charge in [0, 0.05) is 12.5 Å². The summed E-state index contributed by atoms with van der Waals surface area (Å²) in [6, 6.07) is 2.18. The van der Waals surface area contributed by atoms with E-state index in [0.29, 0.717) is 0 Å². The predicted octanol–water partition coefficient (Wildman–Crippen LogP) is 1.79. The number of halogens is 1. The van der Waals surface area contributed by atoms with E-state index in [1.165, 1.54) is 13.8 Å². The summed E-state index contributed by atoms with van der Waals surface area (Å²) in [6.07, 6.45) is 0. The highest BCUT2D eigenvalue weighted by molar-refractivity contribution is 6.00. The topological polar surface area (TPSA) is 66.4 Å². The normalized spacial score (nSPS) is 9.80. The Bertz CT molecular complexity index is 429. The lowest BCUT2D eigenvalue weighted by molar-refractivity contribution is -0.114. The second kappa shape index (κ2) is 4.08. The lowest BCUT2D eigenvalue weighted by atomic mass is 10.1. The van der Waals surface area contributed by atoms with Crippen molar-refractivity contribution in [2.45, 2.75) is 13.8 Å². The molecule has 80 valence electrons. The lowest BCUT2D eigenvalue weighted by Crippen LogP contribution is -2.13. The standard InChI is InChI=1S/C10H10FNO3/c1-5-8(11)4-3-7(10(14)15)9(5)12-6(2)13/h3-4H,1-2H3,(H,12,13)(H,14,15). The molecule has 0 bridgehead atoms. The van der Waals surface area contributed by atoms with Crippen molar-refractivity contribution in [3.05, 3.63) is 29.1 Å². The highest BCUT2D eigenvalue weighted by Crippen LogP contribution is 2.23. The van der Waals surface area contributed by atoms with Crippen LogP contribution in [-0.4, -0.2) is 17.0 Å². The molecule has 0 aliphatic heterocycles. The number of carbonyl (C=O) groups excluding carboxylic acids is 1. The molecular formula is C10H10FNO3. The molecule has 0 saturated heterocycles. The molecule has 0 fully saturated rings. The maximum atomic E-state index is 13.1. The summed E-state index contributed by atoms with van der Waals surface area (Å²) >= 11 is 0. The molecule has 1 aromatic carbocycles. The first-order valence-corrected chi connectivity index (χ1v) is 4.23. The number of amides is 1. The van der Waals surface area contributed by atoms with Gasteiger partial charge in [-0.05, 0) is 19.1 Å². The van der Waals surface area contributed by atoms with Gasteiger partial charge in [0.15, 0.2) is 0 Å². The fourth-order valence-electron chi connectivity index (χ4n) is 1.20. The zero-order chi connectivity index (χ0) is 11.6. The lowest BCUT2D eigenvalue weighted by Gasteiger charge is -2.10. The quantitative estimate of drug-likeness (QED) is 0.783. The van der Waals surface area contributed by atoms with Crippen LogP contribution >= 0.6 is 0 Å². The molecule has 2 N–H and O–H groups in total. The average molecular weight is 211 g/mol. The number of aromatic carboxylic acids is 1. The Balaban J connectivity index is 3.34. The highest BCUT2D eigenvalue weighted by atomic mass is 19.1. The van der Waals surface area contributed by atoms with Gasteiger partial charge in [0.2, 0.25) is 5.91 Å². The molecule has 0 heterocycles. The van der Waals surface area contributed by atoms with Crippen LogP contribution in [0.15, 0.2) is 12.1 Å². The fourth-order valence-corrected chi connectivity index (χ4v) is 1.20. The summed E-state index contributed by atoms with van der Waals surface area (Å²) < 4.78 is 13.1. The molecule has 5 heteroatoms. The molecule has 0 unspecified atom stereocenters. The van der Waals surface area contributed by atoms with Crippen LogP contribution < -0.4 is 5.32 Å². The van der Waals surface area contributed by atoms with E-state index in [1.807, 2.05) is 0 Å². The number of carboxylic acids is 1. The number of benzene rings is 1. The summed E-state index contributed by atoms with van der Waals surface area (Å²) in [5.74, 6) is -2.20. The van der Waals surface area contributed by atoms with Crippen molar-refractivity contribution >= 4 is 17.6 Å². The fraction of sp³-hybridized carbons (Fsp3) is 0.200. The second-order valence-corrected chi connectivity index (χ2v) is 3.08. The van der Waals surface area contributed by atoms with Crippen LogP contribution in [-0.2, 0) is 4.79 Å². The molecule has 1 rings (SSSR count). The van der Waals surface area contributed by atoms with Crippen molar-refractivity contribution in [2.24, 2.45) is 0 Å². The van der Waals surface area contributed by atoms with Crippen LogP contribution in [0.2, 0.25) is 0 Å². The van der Waals surface area contributed by atoms with Crippen molar-refractivity contribution in [1.29, 1.82) is 0 Å². The van der Waals surface area contributed by atoms with Gasteiger partial charge in [-0.15, -0.1) is 0 Å². The molecule has 0 spiro atoms. The Morgan fingerprint density at radius 3 is 2.47 bits per heavy atom. The zero-order valence-electron chi connectivity index (χ0n) is 8.30. The Morgan fingerprint density at radius 2 is 2.00 bits per heavy atom. The number of hydrogen-bond acceptors (Lipinski definition) is 2. The van der Waals surface area contributed by atoms with E-state index in [0.717, 1.165) is 12.1 Å². The summed E-state index contributed by atoms with van der Waals surface area (Å²) in [5.41, 5.74) is 0.00389. The van der Waals surface area contributed by atoms with E-state index in [1.54, 1.807) is 0 Å². The van der Waals surface area contributed by atoms with E-state index in [9.17, 15) is 14.0 Å². The first kappa shape index (κ1) is 11.2. The maximum Gasteiger partial charge on any atom is 0.337 e. The molecule has 0 aromatic heterocycles. The average Bonchev–Trinajstić information content (AvgIpc) is 2.12. The van der Waals surface area contributed by atoms with Crippen LogP contribution in [0, 0.1) is 12.7 Å². The summed E-state index contributed by atoms with van der Waals surface area (Å²) in [7, 11) is 0. The molecule has 0 saturated carbocycles. The molecular weight excluding hydrogens is 201 g/mol. The third kappa shape index (κ3) is 2.31. The van der Waals surface area contributed by atoms with Crippen LogP contribution in [0.25, 0.3) is 0 Å². The Labute approximate surface area is 85.7 Å². The van der Waals surface area contributed by atoms with Gasteiger partial charge >= 0.3 is 5.97 Å². The first-order valence-electron chi connectivity index (χ1n) is 4.23. The van der Waals surface area contributed by atoms with Crippen molar-refractivity contribution in [2.75, 3.05) is 5.32 Å². The Hall–Kier alpha value is -1.91. The van der Waals surface area contributed by atoms with Crippen LogP contribution in [0.3, 0.4) is 0 Å². The molecule has 0 atom stereocenters. The zero-order valence-corrected chi connectivity index (χ0v) is 8.30. The summed E-state index contributed by atoms with van der Waals surface area (Å²) in [5, 5.41) is 11.1. The smallest absolute Gasteiger partial charge is 0.337 e.